The molecule has 1 aliphatic rings. The third-order valence-corrected chi connectivity index (χ3v) is 6.75. The van der Waals surface area contributed by atoms with E-state index in [1.807, 2.05) is 30.3 Å². The predicted octanol–water partition coefficient (Wildman–Crippen LogP) is 5.31. The fourth-order valence-electron chi connectivity index (χ4n) is 3.12. The molecule has 1 atom stereocenters. The topological polar surface area (TPSA) is 54.9 Å². The minimum atomic E-state index is 0.138. The van der Waals surface area contributed by atoms with Crippen LogP contribution in [0.3, 0.4) is 0 Å². The van der Waals surface area contributed by atoms with Crippen molar-refractivity contribution in [2.75, 3.05) is 17.6 Å². The number of anilines is 1. The summed E-state index contributed by atoms with van der Waals surface area (Å²) in [5.74, 6) is 1.84. The average Bonchev–Trinajstić information content (AvgIpc) is 3.21. The fourth-order valence-corrected chi connectivity index (χ4v) is 4.84. The molecule has 2 aromatic heterocycles. The summed E-state index contributed by atoms with van der Waals surface area (Å²) in [6, 6.07) is 11.9. The van der Waals surface area contributed by atoms with Gasteiger partial charge in [-0.3, -0.25) is 4.79 Å². The van der Waals surface area contributed by atoms with Crippen molar-refractivity contribution < 1.29 is 4.79 Å². The van der Waals surface area contributed by atoms with E-state index >= 15 is 0 Å². The molecule has 1 N–H and O–H groups in total. The Hall–Kier alpha value is -1.89. The van der Waals surface area contributed by atoms with Crippen LogP contribution in [0.25, 0.3) is 0 Å². The Morgan fingerprint density at radius 2 is 2.07 bits per heavy atom. The van der Waals surface area contributed by atoms with Crippen LogP contribution < -0.4 is 5.32 Å². The number of hydrogen-bond acceptors (Lipinski definition) is 6. The SMILES string of the molecule is O=C1C[C@H](c2cccs2)Cc2nc(NCCSc3ccc(Cl)cc3)ncc21. The first-order valence-corrected chi connectivity index (χ1v) is 11.0. The molecule has 0 spiro atoms. The molecule has 0 unspecified atom stereocenters. The quantitative estimate of drug-likeness (QED) is 0.436. The van der Waals surface area contributed by atoms with Crippen molar-refractivity contribution in [1.82, 2.24) is 9.97 Å². The Labute approximate surface area is 171 Å². The van der Waals surface area contributed by atoms with Crippen molar-refractivity contribution in [3.8, 4) is 0 Å². The molecule has 0 fully saturated rings. The number of benzene rings is 1. The smallest absolute Gasteiger partial charge is 0.222 e. The lowest BCUT2D eigenvalue weighted by atomic mass is 9.86. The number of halogens is 1. The van der Waals surface area contributed by atoms with Crippen molar-refractivity contribution in [1.29, 1.82) is 0 Å². The summed E-state index contributed by atoms with van der Waals surface area (Å²) >= 11 is 9.35. The van der Waals surface area contributed by atoms with Gasteiger partial charge < -0.3 is 5.32 Å². The highest BCUT2D eigenvalue weighted by Crippen LogP contribution is 2.34. The molecule has 3 aromatic rings. The second-order valence-corrected chi connectivity index (χ2v) is 8.91. The van der Waals surface area contributed by atoms with Gasteiger partial charge in [0, 0.05) is 45.6 Å². The van der Waals surface area contributed by atoms with E-state index in [1.165, 1.54) is 9.77 Å². The van der Waals surface area contributed by atoms with Crippen LogP contribution in [0, 0.1) is 0 Å². The number of carbonyl (C=O) groups excluding carboxylic acids is 1. The third-order valence-electron chi connectivity index (χ3n) is 4.45. The molecular formula is C20H18ClN3OS2. The van der Waals surface area contributed by atoms with Gasteiger partial charge in [-0.25, -0.2) is 9.97 Å². The number of fused-ring (bicyclic) bond motifs is 1. The summed E-state index contributed by atoms with van der Waals surface area (Å²) in [5.41, 5.74) is 1.52. The molecule has 138 valence electrons. The number of aromatic nitrogens is 2. The number of thiophene rings is 1. The van der Waals surface area contributed by atoms with Gasteiger partial charge in [-0.05, 0) is 42.1 Å². The number of carbonyl (C=O) groups is 1. The number of thioether (sulfide) groups is 1. The summed E-state index contributed by atoms with van der Waals surface area (Å²) in [6.07, 6.45) is 3.00. The summed E-state index contributed by atoms with van der Waals surface area (Å²) in [5, 5.41) is 6.06. The van der Waals surface area contributed by atoms with Gasteiger partial charge in [0.25, 0.3) is 0 Å². The lowest BCUT2D eigenvalue weighted by molar-refractivity contribution is 0.0963. The lowest BCUT2D eigenvalue weighted by Gasteiger charge is -2.22. The molecule has 0 saturated heterocycles. The zero-order valence-electron chi connectivity index (χ0n) is 14.5. The zero-order valence-corrected chi connectivity index (χ0v) is 16.9. The molecule has 2 heterocycles. The molecule has 1 aromatic carbocycles. The summed E-state index contributed by atoms with van der Waals surface area (Å²) in [6.45, 7) is 0.744. The number of Topliss-reactive ketones (excluding diaryl/α,β-unsaturated/α-hetero) is 1. The number of hydrogen-bond donors (Lipinski definition) is 1. The number of rotatable bonds is 6. The van der Waals surface area contributed by atoms with E-state index in [0.717, 1.165) is 29.4 Å². The normalized spacial score (nSPS) is 16.2. The standard InChI is InChI=1S/C20H18ClN3OS2/c21-14-3-5-15(6-4-14)26-9-7-22-20-23-12-16-17(24-20)10-13(11-18(16)25)19-2-1-8-27-19/h1-6,8,12-13H,7,9-11H2,(H,22,23,24)/t13-/m1/s1. The zero-order chi connectivity index (χ0) is 18.6. The van der Waals surface area contributed by atoms with Crippen LogP contribution in [0.5, 0.6) is 0 Å². The van der Waals surface area contributed by atoms with Crippen LogP contribution in [-0.2, 0) is 6.42 Å². The molecule has 27 heavy (non-hydrogen) atoms. The van der Waals surface area contributed by atoms with Crippen molar-refractivity contribution in [2.45, 2.75) is 23.7 Å². The maximum atomic E-state index is 12.4. The van der Waals surface area contributed by atoms with Gasteiger partial charge in [-0.2, -0.15) is 0 Å². The van der Waals surface area contributed by atoms with Crippen LogP contribution in [-0.4, -0.2) is 28.0 Å². The molecule has 7 heteroatoms. The van der Waals surface area contributed by atoms with Gasteiger partial charge in [-0.15, -0.1) is 23.1 Å². The van der Waals surface area contributed by atoms with Crippen LogP contribution in [0.2, 0.25) is 5.02 Å². The van der Waals surface area contributed by atoms with Gasteiger partial charge in [0.15, 0.2) is 5.78 Å². The van der Waals surface area contributed by atoms with Crippen LogP contribution in [0.1, 0.15) is 33.3 Å². The monoisotopic (exact) mass is 415 g/mol. The van der Waals surface area contributed by atoms with Crippen molar-refractivity contribution in [2.24, 2.45) is 0 Å². The van der Waals surface area contributed by atoms with Crippen LogP contribution in [0.15, 0.2) is 52.9 Å². The Kier molecular flexibility index (Phi) is 5.76. The molecular weight excluding hydrogens is 398 g/mol. The first-order valence-electron chi connectivity index (χ1n) is 8.74. The highest BCUT2D eigenvalue weighted by molar-refractivity contribution is 7.99. The van der Waals surface area contributed by atoms with Gasteiger partial charge in [-0.1, -0.05) is 17.7 Å². The largest absolute Gasteiger partial charge is 0.353 e. The number of nitrogens with zero attached hydrogens (tertiary/aromatic N) is 2. The third kappa shape index (κ3) is 4.51. The Morgan fingerprint density at radius 1 is 1.22 bits per heavy atom. The minimum absolute atomic E-state index is 0.138. The molecule has 4 nitrogen and oxygen atoms in total. The van der Waals surface area contributed by atoms with Crippen molar-refractivity contribution in [3.63, 3.8) is 0 Å². The first kappa shape index (κ1) is 18.5. The van der Waals surface area contributed by atoms with Crippen LogP contribution in [0.4, 0.5) is 5.95 Å². The van der Waals surface area contributed by atoms with E-state index in [4.69, 9.17) is 11.6 Å². The molecule has 1 aliphatic carbocycles. The average molecular weight is 416 g/mol. The molecule has 0 radical (unpaired) electrons. The second-order valence-electron chi connectivity index (χ2n) is 6.33. The molecule has 4 rings (SSSR count). The minimum Gasteiger partial charge on any atom is -0.353 e. The predicted molar refractivity (Wildman–Crippen MR) is 112 cm³/mol. The highest BCUT2D eigenvalue weighted by atomic mass is 35.5. The van der Waals surface area contributed by atoms with E-state index < -0.39 is 0 Å². The van der Waals surface area contributed by atoms with E-state index in [0.29, 0.717) is 17.9 Å². The van der Waals surface area contributed by atoms with E-state index in [-0.39, 0.29) is 11.7 Å². The molecule has 0 amide bonds. The summed E-state index contributed by atoms with van der Waals surface area (Å²) in [7, 11) is 0. The number of ketones is 1. The fraction of sp³-hybridized carbons (Fsp3) is 0.250. The van der Waals surface area contributed by atoms with Crippen molar-refractivity contribution >= 4 is 46.4 Å². The molecule has 0 aliphatic heterocycles. The maximum Gasteiger partial charge on any atom is 0.222 e. The lowest BCUT2D eigenvalue weighted by Crippen LogP contribution is -2.21. The second kappa shape index (κ2) is 8.42. The maximum absolute atomic E-state index is 12.4. The number of nitrogens with one attached hydrogen (secondary N) is 1. The Morgan fingerprint density at radius 3 is 2.85 bits per heavy atom. The van der Waals surface area contributed by atoms with E-state index in [2.05, 4.69) is 26.7 Å². The van der Waals surface area contributed by atoms with Crippen LogP contribution >= 0.6 is 34.7 Å². The van der Waals surface area contributed by atoms with E-state index in [9.17, 15) is 4.79 Å². The molecule has 0 bridgehead atoms. The highest BCUT2D eigenvalue weighted by Gasteiger charge is 2.28. The van der Waals surface area contributed by atoms with Gasteiger partial charge >= 0.3 is 0 Å². The summed E-state index contributed by atoms with van der Waals surface area (Å²) < 4.78 is 0. The van der Waals surface area contributed by atoms with Gasteiger partial charge in [0.2, 0.25) is 5.95 Å². The van der Waals surface area contributed by atoms with Crippen molar-refractivity contribution in [3.05, 3.63) is 69.1 Å². The van der Waals surface area contributed by atoms with E-state index in [1.54, 1.807) is 29.3 Å². The Balaban J connectivity index is 1.37. The van der Waals surface area contributed by atoms with Gasteiger partial charge in [0.1, 0.15) is 0 Å². The van der Waals surface area contributed by atoms with Gasteiger partial charge in [0.05, 0.1) is 11.3 Å². The first-order chi connectivity index (χ1) is 13.2. The Bertz CT molecular complexity index is 929. The molecule has 0 saturated carbocycles. The summed E-state index contributed by atoms with van der Waals surface area (Å²) in [4.78, 5) is 23.8.